The van der Waals surface area contributed by atoms with Gasteiger partial charge in [-0.2, -0.15) is 0 Å². The molecule has 0 bridgehead atoms. The molecule has 0 spiro atoms. The van der Waals surface area contributed by atoms with Crippen molar-refractivity contribution in [2.75, 3.05) is 12.3 Å². The molecule has 0 N–H and O–H groups in total. The van der Waals surface area contributed by atoms with Crippen molar-refractivity contribution in [1.29, 1.82) is 0 Å². The smallest absolute Gasteiger partial charge is 0.0703 e. The first-order valence-corrected chi connectivity index (χ1v) is 13.0. The first kappa shape index (κ1) is 22.3. The van der Waals surface area contributed by atoms with E-state index >= 15 is 0 Å². The van der Waals surface area contributed by atoms with Gasteiger partial charge in [0.15, 0.2) is 0 Å². The van der Waals surface area contributed by atoms with E-state index in [0.29, 0.717) is 0 Å². The van der Waals surface area contributed by atoms with Crippen LogP contribution in [0.4, 0.5) is 0 Å². The quantitative estimate of drug-likeness (QED) is 0.249. The fourth-order valence-corrected chi connectivity index (χ4v) is 7.47. The van der Waals surface area contributed by atoms with E-state index in [4.69, 9.17) is 0 Å². The summed E-state index contributed by atoms with van der Waals surface area (Å²) >= 11 is 2.06. The van der Waals surface area contributed by atoms with Gasteiger partial charge in [-0.15, -0.1) is 30.2 Å². The standard InChI is InChI=1S/C28H28P2S/c29-21-27(23-13-5-1-6-14-23,24-15-7-2-8-16-24)31-28(22-30,25-17-9-3-10-18-25)26-19-11-4-12-20-26/h1-20H,21-22,29-30H2. The van der Waals surface area contributed by atoms with Crippen molar-refractivity contribution in [2.45, 2.75) is 9.49 Å². The Bertz CT molecular complexity index is 899. The summed E-state index contributed by atoms with van der Waals surface area (Å²) in [6.07, 6.45) is 1.83. The molecule has 31 heavy (non-hydrogen) atoms. The van der Waals surface area contributed by atoms with Gasteiger partial charge in [0.1, 0.15) is 0 Å². The van der Waals surface area contributed by atoms with E-state index in [1.165, 1.54) is 22.3 Å². The molecule has 2 atom stereocenters. The molecule has 3 heteroatoms. The van der Waals surface area contributed by atoms with Gasteiger partial charge in [-0.25, -0.2) is 0 Å². The largest absolute Gasteiger partial charge is 0.136 e. The second-order valence-corrected chi connectivity index (χ2v) is 10.0. The van der Waals surface area contributed by atoms with Crippen LogP contribution in [0, 0.1) is 0 Å². The van der Waals surface area contributed by atoms with Crippen LogP contribution in [0.25, 0.3) is 0 Å². The monoisotopic (exact) mass is 458 g/mol. The summed E-state index contributed by atoms with van der Waals surface area (Å²) in [4.78, 5) is 0. The SMILES string of the molecule is PCC(SC(CP)(c1ccccc1)c1ccccc1)(c1ccccc1)c1ccccc1. The average Bonchev–Trinajstić information content (AvgIpc) is 2.87. The molecular weight excluding hydrogens is 430 g/mol. The average molecular weight is 459 g/mol. The molecule has 0 radical (unpaired) electrons. The third-order valence-corrected chi connectivity index (χ3v) is 9.67. The lowest BCUT2D eigenvalue weighted by molar-refractivity contribution is 0.788. The van der Waals surface area contributed by atoms with Gasteiger partial charge in [-0.05, 0) is 34.6 Å². The maximum Gasteiger partial charge on any atom is 0.0703 e. The van der Waals surface area contributed by atoms with Crippen molar-refractivity contribution in [1.82, 2.24) is 0 Å². The highest BCUT2D eigenvalue weighted by atomic mass is 32.2. The van der Waals surface area contributed by atoms with E-state index < -0.39 is 0 Å². The highest BCUT2D eigenvalue weighted by Crippen LogP contribution is 2.57. The molecule has 0 saturated heterocycles. The third kappa shape index (κ3) is 4.38. The van der Waals surface area contributed by atoms with Crippen molar-refractivity contribution in [3.05, 3.63) is 144 Å². The minimum atomic E-state index is -0.213. The Hall–Kier alpha value is -1.91. The number of thioether (sulfide) groups is 1. The van der Waals surface area contributed by atoms with Crippen molar-refractivity contribution in [3.63, 3.8) is 0 Å². The van der Waals surface area contributed by atoms with Gasteiger partial charge < -0.3 is 0 Å². The van der Waals surface area contributed by atoms with Crippen LogP contribution in [0.15, 0.2) is 121 Å². The Balaban J connectivity index is 1.98. The van der Waals surface area contributed by atoms with E-state index in [9.17, 15) is 0 Å². The van der Waals surface area contributed by atoms with E-state index in [1.54, 1.807) is 0 Å². The summed E-state index contributed by atoms with van der Waals surface area (Å²) in [5.41, 5.74) is 5.32. The van der Waals surface area contributed by atoms with Crippen LogP contribution in [0.5, 0.6) is 0 Å². The van der Waals surface area contributed by atoms with E-state index in [0.717, 1.165) is 12.3 Å². The van der Waals surface area contributed by atoms with E-state index in [-0.39, 0.29) is 9.49 Å². The molecule has 2 unspecified atom stereocenters. The first-order chi connectivity index (χ1) is 15.2. The third-order valence-electron chi connectivity index (χ3n) is 5.88. The molecule has 4 aromatic carbocycles. The molecule has 0 aliphatic heterocycles. The van der Waals surface area contributed by atoms with Gasteiger partial charge in [-0.3, -0.25) is 0 Å². The minimum absolute atomic E-state index is 0.213. The second-order valence-electron chi connectivity index (χ2n) is 7.63. The van der Waals surface area contributed by atoms with Gasteiger partial charge in [0.05, 0.1) is 9.49 Å². The summed E-state index contributed by atoms with van der Waals surface area (Å²) in [5, 5.41) is 0. The maximum atomic E-state index is 3.04. The summed E-state index contributed by atoms with van der Waals surface area (Å²) in [6.45, 7) is 0. The molecule has 0 fully saturated rings. The van der Waals surface area contributed by atoms with Crippen molar-refractivity contribution >= 4 is 30.2 Å². The molecular formula is C28H28P2S. The molecule has 0 nitrogen and oxygen atoms in total. The summed E-state index contributed by atoms with van der Waals surface area (Å²) in [5.74, 6) is 0. The van der Waals surface area contributed by atoms with Crippen LogP contribution in [0.2, 0.25) is 0 Å². The number of hydrogen-bond acceptors (Lipinski definition) is 1. The van der Waals surface area contributed by atoms with E-state index in [2.05, 4.69) is 152 Å². The lowest BCUT2D eigenvalue weighted by atomic mass is 9.90. The fraction of sp³-hybridized carbons (Fsp3) is 0.143. The number of hydrogen-bond donors (Lipinski definition) is 0. The minimum Gasteiger partial charge on any atom is -0.136 e. The Morgan fingerprint density at radius 2 is 0.645 bits per heavy atom. The van der Waals surface area contributed by atoms with Crippen molar-refractivity contribution < 1.29 is 0 Å². The van der Waals surface area contributed by atoms with Crippen LogP contribution in [0.3, 0.4) is 0 Å². The van der Waals surface area contributed by atoms with Crippen molar-refractivity contribution in [3.8, 4) is 0 Å². The van der Waals surface area contributed by atoms with Crippen LogP contribution in [-0.4, -0.2) is 12.3 Å². The molecule has 0 aromatic heterocycles. The number of rotatable bonds is 8. The predicted molar refractivity (Wildman–Crippen MR) is 144 cm³/mol. The molecule has 0 aliphatic carbocycles. The fourth-order valence-electron chi connectivity index (χ4n) is 4.25. The van der Waals surface area contributed by atoms with E-state index in [1.807, 2.05) is 0 Å². The second kappa shape index (κ2) is 10.1. The molecule has 0 amide bonds. The Morgan fingerprint density at radius 1 is 0.419 bits per heavy atom. The summed E-state index contributed by atoms with van der Waals surface area (Å²) < 4.78 is -0.426. The lowest BCUT2D eigenvalue weighted by Gasteiger charge is -2.44. The van der Waals surface area contributed by atoms with Crippen molar-refractivity contribution in [2.24, 2.45) is 0 Å². The molecule has 156 valence electrons. The molecule has 0 heterocycles. The van der Waals surface area contributed by atoms with Crippen LogP contribution in [-0.2, 0) is 9.49 Å². The lowest BCUT2D eigenvalue weighted by Crippen LogP contribution is -2.36. The van der Waals surface area contributed by atoms with Crippen LogP contribution < -0.4 is 0 Å². The van der Waals surface area contributed by atoms with Gasteiger partial charge >= 0.3 is 0 Å². The Morgan fingerprint density at radius 3 is 0.839 bits per heavy atom. The maximum absolute atomic E-state index is 3.04. The predicted octanol–water partition coefficient (Wildman–Crippen LogP) is 7.36. The van der Waals surface area contributed by atoms with Gasteiger partial charge in [0.25, 0.3) is 0 Å². The highest BCUT2D eigenvalue weighted by molar-refractivity contribution is 8.02. The topological polar surface area (TPSA) is 0 Å². The highest BCUT2D eigenvalue weighted by Gasteiger charge is 2.44. The normalized spacial score (nSPS) is 11.9. The molecule has 0 aliphatic rings. The molecule has 4 rings (SSSR count). The van der Waals surface area contributed by atoms with Crippen LogP contribution >= 0.6 is 30.2 Å². The Kier molecular flexibility index (Phi) is 7.29. The zero-order chi connectivity index (χ0) is 21.6. The first-order valence-electron chi connectivity index (χ1n) is 10.6. The summed E-state index contributed by atoms with van der Waals surface area (Å²) in [6, 6.07) is 43.8. The molecule has 4 aromatic rings. The zero-order valence-electron chi connectivity index (χ0n) is 17.5. The Labute approximate surface area is 195 Å². The number of benzene rings is 4. The molecule has 0 saturated carbocycles. The summed E-state index contributed by atoms with van der Waals surface area (Å²) in [7, 11) is 6.08. The van der Waals surface area contributed by atoms with Gasteiger partial charge in [0.2, 0.25) is 0 Å². The van der Waals surface area contributed by atoms with Gasteiger partial charge in [-0.1, -0.05) is 121 Å². The zero-order valence-corrected chi connectivity index (χ0v) is 20.7. The van der Waals surface area contributed by atoms with Gasteiger partial charge in [0, 0.05) is 0 Å². The van der Waals surface area contributed by atoms with Crippen LogP contribution in [0.1, 0.15) is 22.3 Å².